The molecular weight excluding hydrogens is 290 g/mol. The lowest BCUT2D eigenvalue weighted by Gasteiger charge is -2.02. The summed E-state index contributed by atoms with van der Waals surface area (Å²) in [6.45, 7) is 1.81. The molecule has 2 amide bonds. The SMILES string of the molecule is Cc1ccnc(Nc2nc(CC(=O)NCC(N)=O)cs2)c1. The lowest BCUT2D eigenvalue weighted by Crippen LogP contribution is -2.34. The van der Waals surface area contributed by atoms with Crippen molar-refractivity contribution in [1.82, 2.24) is 15.3 Å². The maximum absolute atomic E-state index is 11.5. The third kappa shape index (κ3) is 4.84. The third-order valence-electron chi connectivity index (χ3n) is 2.50. The van der Waals surface area contributed by atoms with Crippen LogP contribution in [-0.4, -0.2) is 28.3 Å². The number of aryl methyl sites for hydroxylation is 1. The molecule has 0 aliphatic rings. The second kappa shape index (κ2) is 6.80. The van der Waals surface area contributed by atoms with Crippen LogP contribution in [0.2, 0.25) is 0 Å². The smallest absolute Gasteiger partial charge is 0.236 e. The van der Waals surface area contributed by atoms with Gasteiger partial charge in [0.05, 0.1) is 18.7 Å². The first-order chi connectivity index (χ1) is 10.0. The standard InChI is InChI=1S/C13H15N5O2S/c1-8-2-3-15-11(4-8)18-13-17-9(7-21-13)5-12(20)16-6-10(14)19/h2-4,7H,5-6H2,1H3,(H2,14,19)(H,16,20)(H,15,17,18). The largest absolute Gasteiger partial charge is 0.368 e. The third-order valence-corrected chi connectivity index (χ3v) is 3.31. The molecule has 21 heavy (non-hydrogen) atoms. The normalized spacial score (nSPS) is 10.1. The van der Waals surface area contributed by atoms with E-state index in [9.17, 15) is 9.59 Å². The summed E-state index contributed by atoms with van der Waals surface area (Å²) in [6.07, 6.45) is 1.82. The van der Waals surface area contributed by atoms with Crippen molar-refractivity contribution in [2.24, 2.45) is 5.73 Å². The molecule has 7 nitrogen and oxygen atoms in total. The number of carbonyl (C=O) groups is 2. The molecule has 0 spiro atoms. The van der Waals surface area contributed by atoms with Crippen LogP contribution in [0.25, 0.3) is 0 Å². The zero-order valence-electron chi connectivity index (χ0n) is 11.4. The number of rotatable bonds is 6. The van der Waals surface area contributed by atoms with Crippen molar-refractivity contribution >= 4 is 34.1 Å². The van der Waals surface area contributed by atoms with Crippen LogP contribution in [0.1, 0.15) is 11.3 Å². The molecule has 2 rings (SSSR count). The zero-order valence-corrected chi connectivity index (χ0v) is 12.2. The van der Waals surface area contributed by atoms with Crippen molar-refractivity contribution in [3.05, 3.63) is 35.0 Å². The van der Waals surface area contributed by atoms with E-state index in [1.54, 1.807) is 11.6 Å². The quantitative estimate of drug-likeness (QED) is 0.729. The fourth-order valence-electron chi connectivity index (χ4n) is 1.57. The molecule has 0 radical (unpaired) electrons. The maximum atomic E-state index is 11.5. The molecule has 2 aromatic rings. The van der Waals surface area contributed by atoms with Crippen molar-refractivity contribution in [1.29, 1.82) is 0 Å². The van der Waals surface area contributed by atoms with E-state index in [1.807, 2.05) is 19.1 Å². The second-order valence-electron chi connectivity index (χ2n) is 4.41. The van der Waals surface area contributed by atoms with E-state index >= 15 is 0 Å². The number of amides is 2. The minimum Gasteiger partial charge on any atom is -0.368 e. The Kier molecular flexibility index (Phi) is 4.83. The topological polar surface area (TPSA) is 110 Å². The Bertz CT molecular complexity index is 656. The zero-order chi connectivity index (χ0) is 15.2. The molecule has 2 heterocycles. The number of primary amides is 1. The summed E-state index contributed by atoms with van der Waals surface area (Å²) in [4.78, 5) is 30.6. The molecule has 2 aromatic heterocycles. The molecule has 0 saturated heterocycles. The van der Waals surface area contributed by atoms with Crippen LogP contribution in [-0.2, 0) is 16.0 Å². The van der Waals surface area contributed by atoms with Crippen LogP contribution in [0.4, 0.5) is 10.9 Å². The predicted octanol–water partition coefficient (Wildman–Crippen LogP) is 0.734. The second-order valence-corrected chi connectivity index (χ2v) is 5.27. The Hall–Kier alpha value is -2.48. The molecule has 0 fully saturated rings. The van der Waals surface area contributed by atoms with Crippen LogP contribution < -0.4 is 16.4 Å². The van der Waals surface area contributed by atoms with E-state index in [4.69, 9.17) is 5.73 Å². The van der Waals surface area contributed by atoms with Gasteiger partial charge in [0.2, 0.25) is 11.8 Å². The number of anilines is 2. The van der Waals surface area contributed by atoms with Crippen molar-refractivity contribution in [3.63, 3.8) is 0 Å². The molecule has 0 bridgehead atoms. The Morgan fingerprint density at radius 3 is 2.95 bits per heavy atom. The van der Waals surface area contributed by atoms with Crippen LogP contribution in [0, 0.1) is 6.92 Å². The molecule has 0 aliphatic heterocycles. The number of pyridine rings is 1. The highest BCUT2D eigenvalue weighted by Crippen LogP contribution is 2.20. The molecule has 0 unspecified atom stereocenters. The number of nitrogens with zero attached hydrogens (tertiary/aromatic N) is 2. The predicted molar refractivity (Wildman–Crippen MR) is 80.3 cm³/mol. The lowest BCUT2D eigenvalue weighted by atomic mass is 10.3. The molecule has 0 saturated carbocycles. The average molecular weight is 305 g/mol. The van der Waals surface area contributed by atoms with E-state index in [0.29, 0.717) is 16.6 Å². The van der Waals surface area contributed by atoms with Crippen molar-refractivity contribution < 1.29 is 9.59 Å². The number of hydrogen-bond acceptors (Lipinski definition) is 6. The monoisotopic (exact) mass is 305 g/mol. The summed E-state index contributed by atoms with van der Waals surface area (Å²) in [5.41, 5.74) is 6.67. The highest BCUT2D eigenvalue weighted by atomic mass is 32.1. The summed E-state index contributed by atoms with van der Waals surface area (Å²) in [5, 5.41) is 7.93. The van der Waals surface area contributed by atoms with Gasteiger partial charge in [-0.25, -0.2) is 9.97 Å². The van der Waals surface area contributed by atoms with E-state index < -0.39 is 5.91 Å². The molecular formula is C13H15N5O2S. The lowest BCUT2D eigenvalue weighted by molar-refractivity contribution is -0.124. The fraction of sp³-hybridized carbons (Fsp3) is 0.231. The molecule has 0 atom stereocenters. The van der Waals surface area contributed by atoms with Gasteiger partial charge in [-0.05, 0) is 24.6 Å². The number of thiazole rings is 1. The van der Waals surface area contributed by atoms with Crippen LogP contribution in [0.5, 0.6) is 0 Å². The Balaban J connectivity index is 1.92. The first-order valence-electron chi connectivity index (χ1n) is 6.22. The van der Waals surface area contributed by atoms with Gasteiger partial charge in [-0.2, -0.15) is 0 Å². The Morgan fingerprint density at radius 1 is 1.43 bits per heavy atom. The summed E-state index contributed by atoms with van der Waals surface area (Å²) < 4.78 is 0. The van der Waals surface area contributed by atoms with Crippen molar-refractivity contribution in [3.8, 4) is 0 Å². The summed E-state index contributed by atoms with van der Waals surface area (Å²) in [7, 11) is 0. The minimum atomic E-state index is -0.575. The molecule has 4 N–H and O–H groups in total. The van der Waals surface area contributed by atoms with Crippen LogP contribution in [0.3, 0.4) is 0 Å². The minimum absolute atomic E-state index is 0.104. The molecule has 0 aliphatic carbocycles. The highest BCUT2D eigenvalue weighted by Gasteiger charge is 2.08. The average Bonchev–Trinajstić information content (AvgIpc) is 2.83. The number of carbonyl (C=O) groups excluding carboxylic acids is 2. The summed E-state index contributed by atoms with van der Waals surface area (Å²) >= 11 is 1.38. The van der Waals surface area contributed by atoms with E-state index in [0.717, 1.165) is 5.56 Å². The van der Waals surface area contributed by atoms with Crippen LogP contribution in [0.15, 0.2) is 23.7 Å². The van der Waals surface area contributed by atoms with E-state index in [2.05, 4.69) is 20.6 Å². The first-order valence-corrected chi connectivity index (χ1v) is 7.10. The molecule has 8 heteroatoms. The fourth-order valence-corrected chi connectivity index (χ4v) is 2.29. The van der Waals surface area contributed by atoms with Crippen molar-refractivity contribution in [2.45, 2.75) is 13.3 Å². The molecule has 110 valence electrons. The number of hydrogen-bond donors (Lipinski definition) is 3. The van der Waals surface area contributed by atoms with E-state index in [1.165, 1.54) is 11.3 Å². The number of nitrogens with one attached hydrogen (secondary N) is 2. The maximum Gasteiger partial charge on any atom is 0.236 e. The van der Waals surface area contributed by atoms with Gasteiger partial charge >= 0.3 is 0 Å². The Morgan fingerprint density at radius 2 is 2.24 bits per heavy atom. The Labute approximate surface area is 125 Å². The first kappa shape index (κ1) is 14.9. The van der Waals surface area contributed by atoms with Gasteiger partial charge in [-0.3, -0.25) is 9.59 Å². The van der Waals surface area contributed by atoms with Crippen LogP contribution >= 0.6 is 11.3 Å². The number of nitrogens with two attached hydrogens (primary N) is 1. The van der Waals surface area contributed by atoms with Gasteiger partial charge in [-0.15, -0.1) is 11.3 Å². The summed E-state index contributed by atoms with van der Waals surface area (Å²) in [6, 6.07) is 3.81. The highest BCUT2D eigenvalue weighted by molar-refractivity contribution is 7.13. The van der Waals surface area contributed by atoms with Gasteiger partial charge in [0, 0.05) is 11.6 Å². The summed E-state index contributed by atoms with van der Waals surface area (Å²) in [5.74, 6) is -0.164. The van der Waals surface area contributed by atoms with E-state index in [-0.39, 0.29) is 18.9 Å². The van der Waals surface area contributed by atoms with Gasteiger partial charge in [0.25, 0.3) is 0 Å². The van der Waals surface area contributed by atoms with Gasteiger partial charge in [-0.1, -0.05) is 0 Å². The van der Waals surface area contributed by atoms with Gasteiger partial charge < -0.3 is 16.4 Å². The van der Waals surface area contributed by atoms with Crippen molar-refractivity contribution in [2.75, 3.05) is 11.9 Å². The van der Waals surface area contributed by atoms with Gasteiger partial charge in [0.1, 0.15) is 5.82 Å². The number of aromatic nitrogens is 2. The molecule has 0 aromatic carbocycles. The van der Waals surface area contributed by atoms with Gasteiger partial charge in [0.15, 0.2) is 5.13 Å².